The lowest BCUT2D eigenvalue weighted by Crippen LogP contribution is -2.31. The molecule has 1 aliphatic rings. The maximum absolute atomic E-state index is 12.4. The number of aryl methyl sites for hydroxylation is 1. The number of para-hydroxylation sites is 1. The monoisotopic (exact) mass is 325 g/mol. The Morgan fingerprint density at radius 1 is 1.26 bits per heavy atom. The second-order valence-corrected chi connectivity index (χ2v) is 6.24. The molecule has 0 saturated heterocycles. The summed E-state index contributed by atoms with van der Waals surface area (Å²) in [4.78, 5) is 19.8. The number of aromatic amines is 1. The predicted molar refractivity (Wildman–Crippen MR) is 90.7 cm³/mol. The van der Waals surface area contributed by atoms with Crippen LogP contribution in [0.2, 0.25) is 5.02 Å². The molecule has 0 spiro atoms. The van der Waals surface area contributed by atoms with Crippen molar-refractivity contribution in [3.05, 3.63) is 64.6 Å². The quantitative estimate of drug-likeness (QED) is 0.747. The van der Waals surface area contributed by atoms with E-state index in [1.54, 1.807) is 24.5 Å². The summed E-state index contributed by atoms with van der Waals surface area (Å²) in [5.41, 5.74) is 3.95. The minimum Gasteiger partial charge on any atom is -0.355 e. The number of pyridine rings is 1. The number of hydrogen-bond donors (Lipinski definition) is 2. The van der Waals surface area contributed by atoms with Crippen LogP contribution < -0.4 is 5.32 Å². The highest BCUT2D eigenvalue weighted by atomic mass is 35.5. The Bertz CT molecular complexity index is 873. The minimum absolute atomic E-state index is 0.0112. The van der Waals surface area contributed by atoms with Crippen LogP contribution in [0.5, 0.6) is 0 Å². The topological polar surface area (TPSA) is 57.8 Å². The third-order valence-electron chi connectivity index (χ3n) is 4.44. The number of carbonyl (C=O) groups is 1. The molecule has 2 heterocycles. The van der Waals surface area contributed by atoms with E-state index in [2.05, 4.69) is 21.4 Å². The standard InChI is InChI=1S/C18H16ClN3O/c19-14-5-1-3-12-13-4-2-6-15(17(13)22-16(12)14)21-18(23)11-7-9-20-10-8-11/h1,3,5,7-10,15,22H,2,4,6H2,(H,21,23)/t15-/m0/s1. The number of aromatic nitrogens is 2. The van der Waals surface area contributed by atoms with Crippen LogP contribution in [0.15, 0.2) is 42.7 Å². The zero-order chi connectivity index (χ0) is 15.8. The van der Waals surface area contributed by atoms with E-state index in [-0.39, 0.29) is 11.9 Å². The molecule has 0 bridgehead atoms. The van der Waals surface area contributed by atoms with E-state index in [0.717, 1.165) is 40.9 Å². The molecule has 23 heavy (non-hydrogen) atoms. The van der Waals surface area contributed by atoms with Gasteiger partial charge >= 0.3 is 0 Å². The lowest BCUT2D eigenvalue weighted by Gasteiger charge is -2.23. The number of amides is 1. The third-order valence-corrected chi connectivity index (χ3v) is 4.75. The number of fused-ring (bicyclic) bond motifs is 3. The summed E-state index contributed by atoms with van der Waals surface area (Å²) in [7, 11) is 0. The Morgan fingerprint density at radius 3 is 2.91 bits per heavy atom. The van der Waals surface area contributed by atoms with Gasteiger partial charge in [-0.1, -0.05) is 23.7 Å². The molecule has 0 saturated carbocycles. The number of rotatable bonds is 2. The van der Waals surface area contributed by atoms with Gasteiger partial charge in [-0.2, -0.15) is 0 Å². The van der Waals surface area contributed by atoms with Crippen molar-refractivity contribution in [3.63, 3.8) is 0 Å². The van der Waals surface area contributed by atoms with Crippen molar-refractivity contribution in [3.8, 4) is 0 Å². The van der Waals surface area contributed by atoms with Gasteiger partial charge in [0, 0.05) is 29.0 Å². The van der Waals surface area contributed by atoms with E-state index in [1.165, 1.54) is 5.56 Å². The van der Waals surface area contributed by atoms with Crippen molar-refractivity contribution in [1.29, 1.82) is 0 Å². The van der Waals surface area contributed by atoms with Gasteiger partial charge in [0.1, 0.15) is 0 Å². The smallest absolute Gasteiger partial charge is 0.251 e. The van der Waals surface area contributed by atoms with Gasteiger partial charge in [0.2, 0.25) is 0 Å². The first-order valence-corrected chi connectivity index (χ1v) is 8.11. The van der Waals surface area contributed by atoms with Crippen LogP contribution in [-0.4, -0.2) is 15.9 Å². The Labute approximate surface area is 138 Å². The molecule has 2 aromatic heterocycles. The van der Waals surface area contributed by atoms with Gasteiger partial charge in [0.15, 0.2) is 0 Å². The molecule has 116 valence electrons. The SMILES string of the molecule is O=C(N[C@H]1CCCc2c1[nH]c1c(Cl)cccc21)c1ccncc1. The summed E-state index contributed by atoms with van der Waals surface area (Å²) in [5, 5.41) is 5.01. The van der Waals surface area contributed by atoms with Crippen LogP contribution in [0.4, 0.5) is 0 Å². The summed E-state index contributed by atoms with van der Waals surface area (Å²) < 4.78 is 0. The zero-order valence-electron chi connectivity index (χ0n) is 12.5. The first kappa shape index (κ1) is 14.3. The molecular formula is C18H16ClN3O. The van der Waals surface area contributed by atoms with Gasteiger partial charge in [-0.05, 0) is 43.0 Å². The van der Waals surface area contributed by atoms with E-state index < -0.39 is 0 Å². The van der Waals surface area contributed by atoms with Crippen molar-refractivity contribution in [2.75, 3.05) is 0 Å². The number of nitrogens with one attached hydrogen (secondary N) is 2. The molecule has 1 aromatic carbocycles. The number of halogens is 1. The van der Waals surface area contributed by atoms with Crippen molar-refractivity contribution >= 4 is 28.4 Å². The normalized spacial score (nSPS) is 17.0. The molecule has 5 heteroatoms. The van der Waals surface area contributed by atoms with Crippen LogP contribution >= 0.6 is 11.6 Å². The highest BCUT2D eigenvalue weighted by Gasteiger charge is 2.26. The van der Waals surface area contributed by atoms with Gasteiger partial charge < -0.3 is 10.3 Å². The molecule has 1 aliphatic carbocycles. The van der Waals surface area contributed by atoms with E-state index in [1.807, 2.05) is 12.1 Å². The zero-order valence-corrected chi connectivity index (χ0v) is 13.2. The first-order valence-electron chi connectivity index (χ1n) is 7.74. The Morgan fingerprint density at radius 2 is 2.09 bits per heavy atom. The van der Waals surface area contributed by atoms with E-state index in [0.29, 0.717) is 5.56 Å². The summed E-state index contributed by atoms with van der Waals surface area (Å²) in [6.07, 6.45) is 6.24. The maximum Gasteiger partial charge on any atom is 0.251 e. The van der Waals surface area contributed by atoms with Crippen LogP contribution in [0.25, 0.3) is 10.9 Å². The third kappa shape index (κ3) is 2.49. The molecule has 0 fully saturated rings. The van der Waals surface area contributed by atoms with Gasteiger partial charge in [0.25, 0.3) is 5.91 Å². The largest absolute Gasteiger partial charge is 0.355 e. The van der Waals surface area contributed by atoms with E-state index in [9.17, 15) is 4.79 Å². The van der Waals surface area contributed by atoms with Crippen molar-refractivity contribution in [2.45, 2.75) is 25.3 Å². The molecule has 1 amide bonds. The molecule has 4 nitrogen and oxygen atoms in total. The number of H-pyrrole nitrogens is 1. The van der Waals surface area contributed by atoms with Gasteiger partial charge in [-0.25, -0.2) is 0 Å². The highest BCUT2D eigenvalue weighted by Crippen LogP contribution is 2.37. The summed E-state index contributed by atoms with van der Waals surface area (Å²) >= 11 is 6.30. The average molecular weight is 326 g/mol. The second kappa shape index (κ2) is 5.70. The summed E-state index contributed by atoms with van der Waals surface area (Å²) in [6, 6.07) is 9.38. The van der Waals surface area contributed by atoms with E-state index >= 15 is 0 Å². The Hall–Kier alpha value is -2.33. The highest BCUT2D eigenvalue weighted by molar-refractivity contribution is 6.35. The molecule has 0 unspecified atom stereocenters. The summed E-state index contributed by atoms with van der Waals surface area (Å²) in [5.74, 6) is -0.0741. The molecule has 3 aromatic rings. The van der Waals surface area contributed by atoms with Gasteiger partial charge in [-0.15, -0.1) is 0 Å². The minimum atomic E-state index is -0.0741. The molecule has 2 N–H and O–H groups in total. The lowest BCUT2D eigenvalue weighted by molar-refractivity contribution is 0.0932. The fourth-order valence-corrected chi connectivity index (χ4v) is 3.56. The van der Waals surface area contributed by atoms with Crippen molar-refractivity contribution in [1.82, 2.24) is 15.3 Å². The van der Waals surface area contributed by atoms with Crippen LogP contribution in [0, 0.1) is 0 Å². The van der Waals surface area contributed by atoms with Crippen LogP contribution in [0.1, 0.15) is 40.5 Å². The van der Waals surface area contributed by atoms with E-state index in [4.69, 9.17) is 11.6 Å². The molecule has 0 aliphatic heterocycles. The molecule has 0 radical (unpaired) electrons. The molecular weight excluding hydrogens is 310 g/mol. The summed E-state index contributed by atoms with van der Waals surface area (Å²) in [6.45, 7) is 0. The molecule has 4 rings (SSSR count). The number of nitrogens with zero attached hydrogens (tertiary/aromatic N) is 1. The van der Waals surface area contributed by atoms with Gasteiger partial charge in [0.05, 0.1) is 16.6 Å². The first-order chi connectivity index (χ1) is 11.2. The maximum atomic E-state index is 12.4. The van der Waals surface area contributed by atoms with Crippen LogP contribution in [-0.2, 0) is 6.42 Å². The van der Waals surface area contributed by atoms with Crippen molar-refractivity contribution in [2.24, 2.45) is 0 Å². The fourth-order valence-electron chi connectivity index (χ4n) is 3.34. The number of benzene rings is 1. The average Bonchev–Trinajstić information content (AvgIpc) is 2.97. The number of hydrogen-bond acceptors (Lipinski definition) is 2. The molecule has 1 atom stereocenters. The van der Waals surface area contributed by atoms with Crippen LogP contribution in [0.3, 0.4) is 0 Å². The van der Waals surface area contributed by atoms with Gasteiger partial charge in [-0.3, -0.25) is 9.78 Å². The number of carbonyl (C=O) groups excluding carboxylic acids is 1. The Balaban J connectivity index is 1.69. The second-order valence-electron chi connectivity index (χ2n) is 5.83. The lowest BCUT2D eigenvalue weighted by atomic mass is 9.91. The predicted octanol–water partition coefficient (Wildman–Crippen LogP) is 4.02. The van der Waals surface area contributed by atoms with Crippen molar-refractivity contribution < 1.29 is 4.79 Å². The Kier molecular flexibility index (Phi) is 3.54. The fraction of sp³-hybridized carbons (Fsp3) is 0.222.